The number of rotatable bonds is 6. The molecule has 8 heteroatoms. The van der Waals surface area contributed by atoms with Crippen LogP contribution in [0.3, 0.4) is 0 Å². The van der Waals surface area contributed by atoms with Gasteiger partial charge in [0.05, 0.1) is 12.0 Å². The van der Waals surface area contributed by atoms with Crippen LogP contribution in [0.15, 0.2) is 16.5 Å². The lowest BCUT2D eigenvalue weighted by atomic mass is 9.92. The van der Waals surface area contributed by atoms with E-state index in [9.17, 15) is 4.79 Å². The van der Waals surface area contributed by atoms with Gasteiger partial charge in [0.15, 0.2) is 17.8 Å². The van der Waals surface area contributed by atoms with Crippen LogP contribution in [0, 0.1) is 12.3 Å². The summed E-state index contributed by atoms with van der Waals surface area (Å²) in [5, 5.41) is 1.86. The van der Waals surface area contributed by atoms with Crippen molar-refractivity contribution in [3.8, 4) is 0 Å². The number of oxazole rings is 1. The summed E-state index contributed by atoms with van der Waals surface area (Å²) < 4.78 is 11.4. The van der Waals surface area contributed by atoms with Gasteiger partial charge in [-0.25, -0.2) is 14.9 Å². The highest BCUT2D eigenvalue weighted by Crippen LogP contribution is 2.37. The molecule has 0 saturated carbocycles. The van der Waals surface area contributed by atoms with Gasteiger partial charge in [-0.1, -0.05) is 31.2 Å². The Balaban J connectivity index is 1.73. The Labute approximate surface area is 165 Å². The number of ether oxygens (including phenoxy) is 1. The van der Waals surface area contributed by atoms with Gasteiger partial charge in [0.25, 0.3) is 5.91 Å². The van der Waals surface area contributed by atoms with E-state index >= 15 is 0 Å². The number of carbonyl (C=O) groups is 1. The summed E-state index contributed by atoms with van der Waals surface area (Å²) >= 11 is 6.37. The first-order chi connectivity index (χ1) is 12.5. The van der Waals surface area contributed by atoms with E-state index in [4.69, 9.17) is 25.6 Å². The molecule has 6 nitrogen and oxygen atoms in total. The van der Waals surface area contributed by atoms with Gasteiger partial charge in [0.1, 0.15) is 5.52 Å². The monoisotopic (exact) mass is 410 g/mol. The first kappa shape index (κ1) is 20.3. The molecule has 2 heterocycles. The minimum Gasteiger partial charge on any atom is -0.441 e. The Hall–Kier alpha value is -1.41. The van der Waals surface area contributed by atoms with Gasteiger partial charge in [0, 0.05) is 32.7 Å². The highest BCUT2D eigenvalue weighted by Gasteiger charge is 2.50. The number of hydrogen-bond donors (Lipinski definition) is 0. The number of fused-ring (bicyclic) bond motifs is 1. The molecule has 1 aromatic carbocycles. The van der Waals surface area contributed by atoms with Crippen molar-refractivity contribution in [2.24, 2.45) is 5.41 Å². The Morgan fingerprint density at radius 2 is 2.04 bits per heavy atom. The van der Waals surface area contributed by atoms with E-state index in [-0.39, 0.29) is 12.5 Å². The van der Waals surface area contributed by atoms with Gasteiger partial charge in [-0.3, -0.25) is 4.79 Å². The predicted molar refractivity (Wildman–Crippen MR) is 107 cm³/mol. The molecule has 2 aromatic rings. The topological polar surface area (TPSA) is 64.8 Å². The van der Waals surface area contributed by atoms with Crippen LogP contribution in [0.5, 0.6) is 0 Å². The third-order valence-corrected chi connectivity index (χ3v) is 6.74. The fourth-order valence-corrected chi connectivity index (χ4v) is 3.86. The maximum atomic E-state index is 12.8. The van der Waals surface area contributed by atoms with Crippen LogP contribution in [-0.4, -0.2) is 36.9 Å². The lowest BCUT2D eigenvalue weighted by Gasteiger charge is -2.23. The molecule has 0 aliphatic carbocycles. The second kappa shape index (κ2) is 7.20. The summed E-state index contributed by atoms with van der Waals surface area (Å²) in [7, 11) is -1.21. The van der Waals surface area contributed by atoms with E-state index in [1.54, 1.807) is 13.0 Å². The molecule has 0 radical (unpaired) electrons. The van der Waals surface area contributed by atoms with E-state index in [2.05, 4.69) is 24.6 Å². The summed E-state index contributed by atoms with van der Waals surface area (Å²) in [6.45, 7) is 13.2. The molecular weight excluding hydrogens is 384 g/mol. The summed E-state index contributed by atoms with van der Waals surface area (Å²) in [6.07, 6.45) is -0.599. The molecule has 0 spiro atoms. The normalized spacial score (nSPS) is 20.0. The standard InChI is InChI=1S/C19H27ClN2O4Si/c1-12-21-15-9-13(14(20)10-16(15)25-12)11-22-17(23)19(2,3)18(26-22)24-7-8-27(4,5)6/h9-10,18H,7-8,11H2,1-6H3. The third-order valence-electron chi connectivity index (χ3n) is 4.69. The fourth-order valence-electron chi connectivity index (χ4n) is 2.92. The Morgan fingerprint density at radius 1 is 1.33 bits per heavy atom. The van der Waals surface area contributed by atoms with Crippen molar-refractivity contribution in [2.75, 3.05) is 6.61 Å². The zero-order valence-electron chi connectivity index (χ0n) is 16.8. The van der Waals surface area contributed by atoms with Crippen molar-refractivity contribution >= 4 is 36.7 Å². The predicted octanol–water partition coefficient (Wildman–Crippen LogP) is 4.77. The Kier molecular flexibility index (Phi) is 5.42. The van der Waals surface area contributed by atoms with E-state index in [0.717, 1.165) is 11.6 Å². The maximum Gasteiger partial charge on any atom is 0.257 e. The van der Waals surface area contributed by atoms with Crippen LogP contribution < -0.4 is 0 Å². The van der Waals surface area contributed by atoms with Crippen molar-refractivity contribution in [2.45, 2.75) is 59.3 Å². The van der Waals surface area contributed by atoms with E-state index in [0.29, 0.717) is 28.6 Å². The van der Waals surface area contributed by atoms with Crippen molar-refractivity contribution < 1.29 is 18.8 Å². The number of benzene rings is 1. The number of aryl methyl sites for hydroxylation is 1. The van der Waals surface area contributed by atoms with E-state index in [1.165, 1.54) is 5.06 Å². The number of amides is 1. The van der Waals surface area contributed by atoms with Crippen LogP contribution in [0.4, 0.5) is 0 Å². The van der Waals surface area contributed by atoms with Gasteiger partial charge in [-0.2, -0.15) is 0 Å². The van der Waals surface area contributed by atoms with Crippen LogP contribution in [-0.2, 0) is 20.9 Å². The minimum atomic E-state index is -1.21. The number of nitrogens with zero attached hydrogens (tertiary/aromatic N) is 2. The quantitative estimate of drug-likeness (QED) is 0.641. The largest absolute Gasteiger partial charge is 0.441 e. The van der Waals surface area contributed by atoms with Crippen LogP contribution in [0.1, 0.15) is 25.3 Å². The molecule has 0 N–H and O–H groups in total. The highest BCUT2D eigenvalue weighted by atomic mass is 35.5. The Bertz CT molecular complexity index is 859. The number of hydrogen-bond acceptors (Lipinski definition) is 5. The molecule has 148 valence electrons. The van der Waals surface area contributed by atoms with Crippen LogP contribution in [0.25, 0.3) is 11.1 Å². The zero-order chi connectivity index (χ0) is 20.0. The molecule has 1 unspecified atom stereocenters. The van der Waals surface area contributed by atoms with Crippen molar-refractivity contribution in [1.29, 1.82) is 0 Å². The second-order valence-corrected chi connectivity index (χ2v) is 14.9. The maximum absolute atomic E-state index is 12.8. The SMILES string of the molecule is Cc1nc2cc(CN3OC(OCC[Si](C)(C)C)C(C)(C)C3=O)c(Cl)cc2o1. The summed E-state index contributed by atoms with van der Waals surface area (Å²) in [6, 6.07) is 4.57. The molecule has 1 aliphatic rings. The van der Waals surface area contributed by atoms with E-state index < -0.39 is 19.8 Å². The smallest absolute Gasteiger partial charge is 0.257 e. The number of aromatic nitrogens is 1. The van der Waals surface area contributed by atoms with Crippen molar-refractivity contribution in [3.05, 3.63) is 28.6 Å². The van der Waals surface area contributed by atoms with E-state index in [1.807, 2.05) is 19.9 Å². The minimum absolute atomic E-state index is 0.118. The first-order valence-corrected chi connectivity index (χ1v) is 13.2. The van der Waals surface area contributed by atoms with Crippen LogP contribution >= 0.6 is 11.6 Å². The molecule has 0 bridgehead atoms. The van der Waals surface area contributed by atoms with Gasteiger partial charge in [-0.05, 0) is 31.5 Å². The van der Waals surface area contributed by atoms with Gasteiger partial charge < -0.3 is 9.15 Å². The average Bonchev–Trinajstić information content (AvgIpc) is 2.98. The van der Waals surface area contributed by atoms with Gasteiger partial charge in [-0.15, -0.1) is 0 Å². The number of halogens is 1. The summed E-state index contributed by atoms with van der Waals surface area (Å²) in [4.78, 5) is 23.0. The zero-order valence-corrected chi connectivity index (χ0v) is 18.5. The molecule has 27 heavy (non-hydrogen) atoms. The molecule has 1 atom stereocenters. The second-order valence-electron chi connectivity index (χ2n) is 8.83. The summed E-state index contributed by atoms with van der Waals surface area (Å²) in [5.41, 5.74) is 1.34. The molecule has 1 fully saturated rings. The van der Waals surface area contributed by atoms with Gasteiger partial charge in [0.2, 0.25) is 0 Å². The molecule has 1 aliphatic heterocycles. The molecule has 3 rings (SSSR count). The third kappa shape index (κ3) is 4.37. The van der Waals surface area contributed by atoms with Crippen LogP contribution in [0.2, 0.25) is 30.7 Å². The summed E-state index contributed by atoms with van der Waals surface area (Å²) in [5.74, 6) is 0.455. The highest BCUT2D eigenvalue weighted by molar-refractivity contribution is 6.76. The first-order valence-electron chi connectivity index (χ1n) is 9.13. The molecule has 1 amide bonds. The number of carbonyl (C=O) groups excluding carboxylic acids is 1. The average molecular weight is 411 g/mol. The lowest BCUT2D eigenvalue weighted by Crippen LogP contribution is -2.35. The lowest BCUT2D eigenvalue weighted by molar-refractivity contribution is -0.246. The molecular formula is C19H27ClN2O4Si. The fraction of sp³-hybridized carbons (Fsp3) is 0.579. The molecule has 1 aromatic heterocycles. The van der Waals surface area contributed by atoms with Gasteiger partial charge >= 0.3 is 0 Å². The van der Waals surface area contributed by atoms with Crippen molar-refractivity contribution in [3.63, 3.8) is 0 Å². The molecule has 1 saturated heterocycles. The number of hydroxylamine groups is 2. The Morgan fingerprint density at radius 3 is 2.70 bits per heavy atom. The van der Waals surface area contributed by atoms with Crippen molar-refractivity contribution in [1.82, 2.24) is 10.0 Å².